The van der Waals surface area contributed by atoms with E-state index in [1.807, 2.05) is 0 Å². The Kier molecular flexibility index (Phi) is 3.85. The molecule has 0 saturated carbocycles. The second-order valence-electron chi connectivity index (χ2n) is 0.591. The van der Waals surface area contributed by atoms with Crippen LogP contribution in [-0.2, 0) is 17.0 Å². The first-order chi connectivity index (χ1) is 1.91. The van der Waals surface area contributed by atoms with Gasteiger partial charge in [0.25, 0.3) is 0 Å². The molecule has 0 aromatic rings. The van der Waals surface area contributed by atoms with Crippen LogP contribution in [0.25, 0.3) is 0 Å². The molecule has 0 rings (SSSR count). The van der Waals surface area contributed by atoms with Gasteiger partial charge in [0.2, 0.25) is 0 Å². The van der Waals surface area contributed by atoms with E-state index in [1.54, 1.807) is 0 Å². The summed E-state index contributed by atoms with van der Waals surface area (Å²) < 4.78 is 2.06. The Morgan fingerprint density at radius 2 is 2.25 bits per heavy atom. The SMILES string of the molecule is CC[CH]=[V+2]. The second-order valence-corrected chi connectivity index (χ2v) is 1.16. The van der Waals surface area contributed by atoms with Crippen molar-refractivity contribution in [2.75, 3.05) is 0 Å². The van der Waals surface area contributed by atoms with Gasteiger partial charge in [0.05, 0.1) is 0 Å². The Morgan fingerprint density at radius 3 is 2.25 bits per heavy atom. The van der Waals surface area contributed by atoms with Crippen molar-refractivity contribution < 1.29 is 17.0 Å². The zero-order chi connectivity index (χ0) is 3.41. The van der Waals surface area contributed by atoms with E-state index in [0.29, 0.717) is 0 Å². The van der Waals surface area contributed by atoms with Crippen LogP contribution in [-0.4, -0.2) is 4.73 Å². The van der Waals surface area contributed by atoms with E-state index in [2.05, 4.69) is 28.6 Å². The van der Waals surface area contributed by atoms with E-state index >= 15 is 0 Å². The van der Waals surface area contributed by atoms with Gasteiger partial charge >= 0.3 is 35.1 Å². The fraction of sp³-hybridized carbons (Fsp3) is 0.667. The van der Waals surface area contributed by atoms with Crippen molar-refractivity contribution in [3.63, 3.8) is 0 Å². The molecule has 0 saturated heterocycles. The number of rotatable bonds is 1. The van der Waals surface area contributed by atoms with E-state index in [0.717, 1.165) is 0 Å². The van der Waals surface area contributed by atoms with E-state index < -0.39 is 0 Å². The summed E-state index contributed by atoms with van der Waals surface area (Å²) >= 11 is 2.41. The van der Waals surface area contributed by atoms with Crippen LogP contribution >= 0.6 is 0 Å². The summed E-state index contributed by atoms with van der Waals surface area (Å²) in [7, 11) is 0. The van der Waals surface area contributed by atoms with Crippen LogP contribution in [0.15, 0.2) is 0 Å². The molecular formula is C3H6V+2. The molecule has 0 aromatic carbocycles. The molecule has 0 aromatic heterocycles. The Hall–Kier alpha value is 0.454. The molecule has 0 aliphatic rings. The van der Waals surface area contributed by atoms with Gasteiger partial charge in [0.15, 0.2) is 0 Å². The zero-order valence-corrected chi connectivity index (χ0v) is 4.13. The summed E-state index contributed by atoms with van der Waals surface area (Å²) in [6.45, 7) is 2.11. The van der Waals surface area contributed by atoms with Crippen molar-refractivity contribution >= 4 is 4.73 Å². The molecular weight excluding hydrogens is 87.0 g/mol. The average Bonchev–Trinajstić information content (AvgIpc) is 1.37. The molecule has 0 amide bonds. The van der Waals surface area contributed by atoms with Crippen LogP contribution in [0.3, 0.4) is 0 Å². The molecule has 0 fully saturated rings. The first kappa shape index (κ1) is 4.45. The van der Waals surface area contributed by atoms with Crippen LogP contribution in [0, 0.1) is 0 Å². The van der Waals surface area contributed by atoms with Crippen molar-refractivity contribution in [3.8, 4) is 0 Å². The number of hydrogen-bond donors (Lipinski definition) is 0. The van der Waals surface area contributed by atoms with Crippen molar-refractivity contribution in [3.05, 3.63) is 0 Å². The van der Waals surface area contributed by atoms with Crippen LogP contribution in [0.5, 0.6) is 0 Å². The van der Waals surface area contributed by atoms with E-state index in [1.165, 1.54) is 6.42 Å². The minimum absolute atomic E-state index is 1.17. The molecule has 21 valence electrons. The van der Waals surface area contributed by atoms with Gasteiger partial charge in [-0.2, -0.15) is 0 Å². The normalized spacial score (nSPS) is 6.75. The molecule has 4 heavy (non-hydrogen) atoms. The topological polar surface area (TPSA) is 0 Å². The first-order valence-corrected chi connectivity index (χ1v) is 2.18. The standard InChI is InChI=1S/C3H6.V/c1-3-2;/h1H,3H2,2H3;/q;+2. The molecule has 0 spiro atoms. The summed E-state index contributed by atoms with van der Waals surface area (Å²) in [5, 5.41) is 0. The van der Waals surface area contributed by atoms with Crippen LogP contribution in [0.1, 0.15) is 13.3 Å². The maximum atomic E-state index is 2.41. The van der Waals surface area contributed by atoms with Gasteiger partial charge in [-0.15, -0.1) is 0 Å². The summed E-state index contributed by atoms with van der Waals surface area (Å²) in [4.78, 5) is 0. The third kappa shape index (κ3) is 2.45. The quantitative estimate of drug-likeness (QED) is 0.448. The second kappa shape index (κ2) is 3.45. The zero-order valence-electron chi connectivity index (χ0n) is 2.73. The molecule has 0 radical (unpaired) electrons. The summed E-state index contributed by atoms with van der Waals surface area (Å²) in [6.07, 6.45) is 1.17. The monoisotopic (exact) mass is 93.0 g/mol. The average molecular weight is 93.0 g/mol. The predicted octanol–water partition coefficient (Wildman–Crippen LogP) is 0.745. The van der Waals surface area contributed by atoms with Gasteiger partial charge in [0, 0.05) is 0 Å². The summed E-state index contributed by atoms with van der Waals surface area (Å²) in [5.74, 6) is 0. The van der Waals surface area contributed by atoms with Crippen molar-refractivity contribution in [2.45, 2.75) is 13.3 Å². The van der Waals surface area contributed by atoms with Gasteiger partial charge in [-0.25, -0.2) is 0 Å². The third-order valence-electron chi connectivity index (χ3n) is 0.183. The molecule has 1 heteroatoms. The molecule has 0 aliphatic heterocycles. The Balaban J connectivity index is 2.30. The molecule has 0 unspecified atom stereocenters. The van der Waals surface area contributed by atoms with E-state index in [4.69, 9.17) is 0 Å². The molecule has 0 nitrogen and oxygen atoms in total. The van der Waals surface area contributed by atoms with Crippen LogP contribution < -0.4 is 0 Å². The molecule has 0 aliphatic carbocycles. The van der Waals surface area contributed by atoms with Crippen LogP contribution in [0.4, 0.5) is 0 Å². The van der Waals surface area contributed by atoms with Gasteiger partial charge in [-0.05, 0) is 0 Å². The molecule has 0 N–H and O–H groups in total. The van der Waals surface area contributed by atoms with Crippen molar-refractivity contribution in [2.24, 2.45) is 0 Å². The molecule has 0 heterocycles. The van der Waals surface area contributed by atoms with Crippen molar-refractivity contribution in [1.82, 2.24) is 0 Å². The van der Waals surface area contributed by atoms with Gasteiger partial charge in [0.1, 0.15) is 0 Å². The predicted molar refractivity (Wildman–Crippen MR) is 16.4 cm³/mol. The Labute approximate surface area is 35.7 Å². The maximum absolute atomic E-state index is 2.41. The molecule has 0 atom stereocenters. The van der Waals surface area contributed by atoms with Gasteiger partial charge < -0.3 is 0 Å². The fourth-order valence-corrected chi connectivity index (χ4v) is 0. The van der Waals surface area contributed by atoms with E-state index in [-0.39, 0.29) is 0 Å². The third-order valence-corrected chi connectivity index (χ3v) is 0.753. The molecule has 0 bridgehead atoms. The first-order valence-electron chi connectivity index (χ1n) is 1.37. The van der Waals surface area contributed by atoms with Crippen molar-refractivity contribution in [1.29, 1.82) is 0 Å². The Bertz CT molecular complexity index is 17.2. The van der Waals surface area contributed by atoms with Gasteiger partial charge in [-0.1, -0.05) is 0 Å². The summed E-state index contributed by atoms with van der Waals surface area (Å²) in [5.41, 5.74) is 0. The minimum atomic E-state index is 1.17. The van der Waals surface area contributed by atoms with Crippen LogP contribution in [0.2, 0.25) is 0 Å². The Morgan fingerprint density at radius 1 is 2.00 bits per heavy atom. The summed E-state index contributed by atoms with van der Waals surface area (Å²) in [6, 6.07) is 0. The fourth-order valence-electron chi connectivity index (χ4n) is 0. The van der Waals surface area contributed by atoms with E-state index in [9.17, 15) is 0 Å². The number of hydrogen-bond acceptors (Lipinski definition) is 0. The van der Waals surface area contributed by atoms with Gasteiger partial charge in [-0.3, -0.25) is 0 Å².